The van der Waals surface area contributed by atoms with Gasteiger partial charge in [0.1, 0.15) is 30.0 Å². The van der Waals surface area contributed by atoms with Gasteiger partial charge in [-0.3, -0.25) is 0 Å². The van der Waals surface area contributed by atoms with E-state index < -0.39 is 76.4 Å². The van der Waals surface area contributed by atoms with Crippen LogP contribution in [0.3, 0.4) is 0 Å². The summed E-state index contributed by atoms with van der Waals surface area (Å²) in [6.07, 6.45) is 1.58. The Hall–Kier alpha value is -2.31. The normalized spacial score (nSPS) is 53.0. The molecule has 208 valence electrons. The van der Waals surface area contributed by atoms with Crippen LogP contribution in [0.15, 0.2) is 24.3 Å². The summed E-state index contributed by atoms with van der Waals surface area (Å²) in [6.45, 7) is 5.64. The number of epoxide rings is 2. The standard InChI is InChI=1S/C27H34O11/c1-14-8-9-33-18(29)6-4-5-7-19(30)36-16-10-17-27(13-35-27)25(16,3)26(12-34-23(32)20(14)31)11-15(28)24(2)21(38-24)22(26)37-17/h4-7,14-17,20-22,28,31H,8-13H2,1-3H3/b6-4?,7-5+. The maximum Gasteiger partial charge on any atom is 0.335 e. The minimum absolute atomic E-state index is 0.00885. The van der Waals surface area contributed by atoms with E-state index >= 15 is 0 Å². The van der Waals surface area contributed by atoms with Gasteiger partial charge >= 0.3 is 17.9 Å². The van der Waals surface area contributed by atoms with Crippen molar-refractivity contribution < 1.29 is 53.0 Å². The molecule has 2 bridgehead atoms. The Bertz CT molecular complexity index is 1100. The van der Waals surface area contributed by atoms with Crippen molar-refractivity contribution in [3.8, 4) is 0 Å². The van der Waals surface area contributed by atoms with Crippen molar-refractivity contribution in [1.82, 2.24) is 0 Å². The molecule has 5 fully saturated rings. The van der Waals surface area contributed by atoms with Crippen LogP contribution < -0.4 is 0 Å². The van der Waals surface area contributed by atoms with Crippen LogP contribution in [-0.4, -0.2) is 95.8 Å². The van der Waals surface area contributed by atoms with E-state index in [0.717, 1.165) is 0 Å². The summed E-state index contributed by atoms with van der Waals surface area (Å²) < 4.78 is 35.5. The van der Waals surface area contributed by atoms with Gasteiger partial charge in [-0.2, -0.15) is 0 Å². The molecule has 11 atom stereocenters. The fourth-order valence-electron chi connectivity index (χ4n) is 7.38. The first-order chi connectivity index (χ1) is 18.0. The Morgan fingerprint density at radius 3 is 2.37 bits per heavy atom. The quantitative estimate of drug-likeness (QED) is 0.251. The summed E-state index contributed by atoms with van der Waals surface area (Å²) in [5.74, 6) is -2.60. The molecule has 11 nitrogen and oxygen atoms in total. The highest BCUT2D eigenvalue weighted by atomic mass is 16.7. The highest BCUT2D eigenvalue weighted by molar-refractivity contribution is 5.84. The number of ether oxygens (including phenoxy) is 6. The van der Waals surface area contributed by atoms with Gasteiger partial charge in [0, 0.05) is 24.0 Å². The molecule has 0 aromatic rings. The molecule has 2 aliphatic carbocycles. The smallest absolute Gasteiger partial charge is 0.335 e. The Kier molecular flexibility index (Phi) is 5.87. The Labute approximate surface area is 220 Å². The number of hydrogen-bond acceptors (Lipinski definition) is 11. The van der Waals surface area contributed by atoms with Crippen LogP contribution in [-0.2, 0) is 42.8 Å². The average molecular weight is 535 g/mol. The minimum Gasteiger partial charge on any atom is -0.463 e. The van der Waals surface area contributed by atoms with E-state index in [1.807, 2.05) is 13.8 Å². The summed E-state index contributed by atoms with van der Waals surface area (Å²) in [7, 11) is 0. The predicted molar refractivity (Wildman–Crippen MR) is 126 cm³/mol. The van der Waals surface area contributed by atoms with E-state index in [2.05, 4.69) is 0 Å². The molecular formula is C27H34O11. The zero-order valence-corrected chi connectivity index (χ0v) is 21.7. The van der Waals surface area contributed by atoms with Crippen molar-refractivity contribution >= 4 is 17.9 Å². The number of carbonyl (C=O) groups is 3. The lowest BCUT2D eigenvalue weighted by molar-refractivity contribution is -0.261. The molecule has 0 radical (unpaired) electrons. The monoisotopic (exact) mass is 534 g/mol. The second-order valence-electron chi connectivity index (χ2n) is 11.9. The second-order valence-corrected chi connectivity index (χ2v) is 11.9. The van der Waals surface area contributed by atoms with Crippen LogP contribution in [0.25, 0.3) is 0 Å². The van der Waals surface area contributed by atoms with Gasteiger partial charge in [-0.15, -0.1) is 0 Å². The third-order valence-corrected chi connectivity index (χ3v) is 10.1. The van der Waals surface area contributed by atoms with E-state index in [0.29, 0.717) is 13.0 Å². The second kappa shape index (κ2) is 8.59. The number of rotatable bonds is 0. The fraction of sp³-hybridized carbons (Fsp3) is 0.741. The first-order valence-electron chi connectivity index (χ1n) is 13.2. The molecule has 0 aromatic carbocycles. The number of aliphatic hydroxyl groups excluding tert-OH is 2. The molecule has 6 aliphatic rings. The van der Waals surface area contributed by atoms with Gasteiger partial charge in [-0.05, 0) is 25.7 Å². The van der Waals surface area contributed by atoms with Crippen molar-refractivity contribution in [2.24, 2.45) is 16.7 Å². The summed E-state index contributed by atoms with van der Waals surface area (Å²) in [6, 6.07) is 0. The third-order valence-electron chi connectivity index (χ3n) is 10.1. The molecule has 11 unspecified atom stereocenters. The maximum absolute atomic E-state index is 13.0. The number of esters is 3. The Morgan fingerprint density at radius 2 is 1.66 bits per heavy atom. The molecule has 4 heterocycles. The Balaban J connectivity index is 1.39. The van der Waals surface area contributed by atoms with Crippen LogP contribution in [0.5, 0.6) is 0 Å². The number of carbonyl (C=O) groups excluding carboxylic acids is 3. The molecule has 11 heteroatoms. The largest absolute Gasteiger partial charge is 0.463 e. The fourth-order valence-corrected chi connectivity index (χ4v) is 7.38. The minimum atomic E-state index is -1.45. The lowest BCUT2D eigenvalue weighted by atomic mass is 9.49. The van der Waals surface area contributed by atoms with E-state index in [-0.39, 0.29) is 32.2 Å². The molecule has 4 aliphatic heterocycles. The predicted octanol–water partition coefficient (Wildman–Crippen LogP) is 0.353. The summed E-state index contributed by atoms with van der Waals surface area (Å²) >= 11 is 0. The highest BCUT2D eigenvalue weighted by Gasteiger charge is 2.87. The number of allylic oxidation sites excluding steroid dienone is 2. The van der Waals surface area contributed by atoms with Crippen molar-refractivity contribution in [2.75, 3.05) is 19.8 Å². The van der Waals surface area contributed by atoms with Gasteiger partial charge in [0.25, 0.3) is 0 Å². The molecule has 0 aromatic heterocycles. The molecule has 2 saturated carbocycles. The van der Waals surface area contributed by atoms with E-state index in [4.69, 9.17) is 28.4 Å². The highest BCUT2D eigenvalue weighted by Crippen LogP contribution is 2.75. The molecular weight excluding hydrogens is 500 g/mol. The van der Waals surface area contributed by atoms with E-state index in [1.54, 1.807) is 6.92 Å². The van der Waals surface area contributed by atoms with Gasteiger partial charge in [-0.25, -0.2) is 14.4 Å². The van der Waals surface area contributed by atoms with Crippen molar-refractivity contribution in [3.63, 3.8) is 0 Å². The summed E-state index contributed by atoms with van der Waals surface area (Å²) in [4.78, 5) is 37.8. The Morgan fingerprint density at radius 1 is 0.947 bits per heavy atom. The van der Waals surface area contributed by atoms with Crippen molar-refractivity contribution in [3.05, 3.63) is 24.3 Å². The molecule has 0 amide bonds. The number of hydrogen-bond donors (Lipinski definition) is 2. The van der Waals surface area contributed by atoms with Crippen LogP contribution in [0, 0.1) is 16.7 Å². The van der Waals surface area contributed by atoms with Crippen LogP contribution in [0.1, 0.15) is 40.0 Å². The zero-order valence-electron chi connectivity index (χ0n) is 21.7. The van der Waals surface area contributed by atoms with Gasteiger partial charge in [0.05, 0.1) is 36.9 Å². The van der Waals surface area contributed by atoms with E-state index in [9.17, 15) is 24.6 Å². The molecule has 6 rings (SSSR count). The third kappa shape index (κ3) is 3.48. The number of aliphatic hydroxyl groups is 2. The first kappa shape index (κ1) is 25.9. The molecule has 2 N–H and O–H groups in total. The lowest BCUT2D eigenvalue weighted by Crippen LogP contribution is -2.71. The van der Waals surface area contributed by atoms with Gasteiger partial charge in [-0.1, -0.05) is 26.0 Å². The maximum atomic E-state index is 13.0. The molecule has 3 saturated heterocycles. The first-order valence-corrected chi connectivity index (χ1v) is 13.2. The van der Waals surface area contributed by atoms with Crippen LogP contribution in [0.2, 0.25) is 0 Å². The zero-order chi connectivity index (χ0) is 27.1. The lowest BCUT2D eigenvalue weighted by Gasteiger charge is -2.59. The number of cyclic esters (lactones) is 2. The van der Waals surface area contributed by atoms with Crippen molar-refractivity contribution in [1.29, 1.82) is 0 Å². The van der Waals surface area contributed by atoms with Crippen LogP contribution >= 0.6 is 0 Å². The molecule has 38 heavy (non-hydrogen) atoms. The van der Waals surface area contributed by atoms with Crippen molar-refractivity contribution in [2.45, 2.75) is 87.9 Å². The summed E-state index contributed by atoms with van der Waals surface area (Å²) in [5.41, 5.74) is -3.47. The van der Waals surface area contributed by atoms with Gasteiger partial charge < -0.3 is 38.6 Å². The summed E-state index contributed by atoms with van der Waals surface area (Å²) in [5, 5.41) is 21.9. The molecule has 2 spiro atoms. The van der Waals surface area contributed by atoms with E-state index in [1.165, 1.54) is 24.3 Å². The van der Waals surface area contributed by atoms with Gasteiger partial charge in [0.2, 0.25) is 0 Å². The average Bonchev–Trinajstić information content (AvgIpc) is 3.78. The number of fused-ring (bicyclic) bond motifs is 2. The van der Waals surface area contributed by atoms with Gasteiger partial charge in [0.15, 0.2) is 6.10 Å². The van der Waals surface area contributed by atoms with Crippen LogP contribution in [0.4, 0.5) is 0 Å². The SMILES string of the molecule is CC1CCOC(=O)C=C/C=C/C(=O)OC2CC3OC4C5OC5(C)C(O)CC4(COC(=O)C1O)C2(C)C31CO1. The topological polar surface area (TPSA) is 154 Å².